The smallest absolute Gasteiger partial charge is 0.220 e. The summed E-state index contributed by atoms with van der Waals surface area (Å²) in [6.45, 7) is 2.60. The lowest BCUT2D eigenvalue weighted by Crippen LogP contribution is -2.38. The average Bonchev–Trinajstić information content (AvgIpc) is 2.48. The van der Waals surface area contributed by atoms with Crippen LogP contribution in [0.5, 0.6) is 0 Å². The predicted octanol–water partition coefficient (Wildman–Crippen LogP) is 2.81. The molecule has 1 saturated carbocycles. The molecule has 0 aliphatic heterocycles. The Labute approximate surface area is 121 Å². The van der Waals surface area contributed by atoms with Crippen LogP contribution in [0, 0.1) is 5.92 Å². The van der Waals surface area contributed by atoms with Crippen LogP contribution in [0.1, 0.15) is 50.5 Å². The van der Waals surface area contributed by atoms with Gasteiger partial charge in [-0.1, -0.05) is 37.3 Å². The van der Waals surface area contributed by atoms with Gasteiger partial charge in [-0.05, 0) is 49.6 Å². The Hall–Kier alpha value is -1.35. The Balaban J connectivity index is 1.76. The van der Waals surface area contributed by atoms with Gasteiger partial charge in [-0.25, -0.2) is 0 Å². The standard InChI is InChI=1S/C17H26N2O/c1-13(12-18)11-17(20)19-16-9-7-15(8-10-16)14-5-3-2-4-6-14/h2-6,13,15-16H,7-12,18H2,1H3,(H,19,20). The fourth-order valence-corrected chi connectivity index (χ4v) is 2.98. The zero-order valence-electron chi connectivity index (χ0n) is 12.3. The molecule has 0 saturated heterocycles. The number of rotatable bonds is 5. The zero-order chi connectivity index (χ0) is 14.4. The van der Waals surface area contributed by atoms with E-state index in [2.05, 4.69) is 35.6 Å². The first-order valence-electron chi connectivity index (χ1n) is 7.73. The topological polar surface area (TPSA) is 55.1 Å². The van der Waals surface area contributed by atoms with E-state index in [1.807, 2.05) is 6.92 Å². The van der Waals surface area contributed by atoms with Gasteiger partial charge in [-0.3, -0.25) is 4.79 Å². The summed E-state index contributed by atoms with van der Waals surface area (Å²) in [6, 6.07) is 11.1. The number of hydrogen-bond donors (Lipinski definition) is 2. The van der Waals surface area contributed by atoms with Gasteiger partial charge < -0.3 is 11.1 Å². The normalized spacial score (nSPS) is 24.1. The van der Waals surface area contributed by atoms with Crippen molar-refractivity contribution in [2.75, 3.05) is 6.54 Å². The molecule has 1 aromatic rings. The Morgan fingerprint density at radius 1 is 1.25 bits per heavy atom. The van der Waals surface area contributed by atoms with E-state index in [0.29, 0.717) is 24.9 Å². The molecule has 0 radical (unpaired) electrons. The first-order chi connectivity index (χ1) is 9.69. The Morgan fingerprint density at radius 3 is 2.50 bits per heavy atom. The molecule has 1 aliphatic carbocycles. The summed E-state index contributed by atoms with van der Waals surface area (Å²) in [5, 5.41) is 3.16. The summed E-state index contributed by atoms with van der Waals surface area (Å²) < 4.78 is 0. The molecule has 20 heavy (non-hydrogen) atoms. The molecular weight excluding hydrogens is 248 g/mol. The molecule has 3 nitrogen and oxygen atoms in total. The number of hydrogen-bond acceptors (Lipinski definition) is 2. The molecule has 0 bridgehead atoms. The maximum atomic E-state index is 11.9. The summed E-state index contributed by atoms with van der Waals surface area (Å²) in [5.41, 5.74) is 7.00. The summed E-state index contributed by atoms with van der Waals surface area (Å²) in [6.07, 6.45) is 5.06. The molecule has 1 fully saturated rings. The van der Waals surface area contributed by atoms with Gasteiger partial charge in [0, 0.05) is 12.5 Å². The number of nitrogens with two attached hydrogens (primary N) is 1. The van der Waals surface area contributed by atoms with Crippen molar-refractivity contribution >= 4 is 5.91 Å². The second kappa shape index (κ2) is 7.44. The minimum atomic E-state index is 0.158. The second-order valence-electron chi connectivity index (χ2n) is 6.07. The average molecular weight is 274 g/mol. The van der Waals surface area contributed by atoms with Crippen LogP contribution >= 0.6 is 0 Å². The van der Waals surface area contributed by atoms with Crippen LogP contribution in [0.2, 0.25) is 0 Å². The van der Waals surface area contributed by atoms with Gasteiger partial charge in [0.15, 0.2) is 0 Å². The van der Waals surface area contributed by atoms with Crippen molar-refractivity contribution in [2.45, 2.75) is 51.0 Å². The lowest BCUT2D eigenvalue weighted by atomic mass is 9.81. The van der Waals surface area contributed by atoms with E-state index >= 15 is 0 Å². The lowest BCUT2D eigenvalue weighted by Gasteiger charge is -2.29. The Morgan fingerprint density at radius 2 is 1.90 bits per heavy atom. The van der Waals surface area contributed by atoms with Crippen molar-refractivity contribution in [2.24, 2.45) is 11.7 Å². The van der Waals surface area contributed by atoms with Crippen molar-refractivity contribution in [3.8, 4) is 0 Å². The maximum Gasteiger partial charge on any atom is 0.220 e. The molecule has 110 valence electrons. The second-order valence-corrected chi connectivity index (χ2v) is 6.07. The van der Waals surface area contributed by atoms with Crippen molar-refractivity contribution in [3.63, 3.8) is 0 Å². The van der Waals surface area contributed by atoms with E-state index in [1.54, 1.807) is 0 Å². The highest BCUT2D eigenvalue weighted by molar-refractivity contribution is 5.76. The number of carbonyl (C=O) groups is 1. The first kappa shape index (κ1) is 15.0. The van der Waals surface area contributed by atoms with Crippen LogP contribution in [0.25, 0.3) is 0 Å². The fraction of sp³-hybridized carbons (Fsp3) is 0.588. The van der Waals surface area contributed by atoms with E-state index in [9.17, 15) is 4.79 Å². The van der Waals surface area contributed by atoms with Gasteiger partial charge in [0.1, 0.15) is 0 Å². The first-order valence-corrected chi connectivity index (χ1v) is 7.73. The fourth-order valence-electron chi connectivity index (χ4n) is 2.98. The summed E-state index contributed by atoms with van der Waals surface area (Å²) in [7, 11) is 0. The van der Waals surface area contributed by atoms with Gasteiger partial charge in [0.2, 0.25) is 5.91 Å². The van der Waals surface area contributed by atoms with Crippen LogP contribution < -0.4 is 11.1 Å². The van der Waals surface area contributed by atoms with Crippen molar-refractivity contribution in [3.05, 3.63) is 35.9 Å². The molecule has 1 amide bonds. The van der Waals surface area contributed by atoms with Crippen LogP contribution in [-0.2, 0) is 4.79 Å². The van der Waals surface area contributed by atoms with Gasteiger partial charge in [-0.2, -0.15) is 0 Å². The number of benzene rings is 1. The van der Waals surface area contributed by atoms with E-state index in [4.69, 9.17) is 5.73 Å². The summed E-state index contributed by atoms with van der Waals surface area (Å²) in [4.78, 5) is 11.9. The summed E-state index contributed by atoms with van der Waals surface area (Å²) in [5.74, 6) is 1.09. The van der Waals surface area contributed by atoms with Crippen LogP contribution in [0.3, 0.4) is 0 Å². The van der Waals surface area contributed by atoms with Gasteiger partial charge in [0.25, 0.3) is 0 Å². The highest BCUT2D eigenvalue weighted by atomic mass is 16.1. The molecule has 0 aromatic heterocycles. The molecule has 3 heteroatoms. The quantitative estimate of drug-likeness (QED) is 0.867. The highest BCUT2D eigenvalue weighted by Crippen LogP contribution is 2.32. The maximum absolute atomic E-state index is 11.9. The summed E-state index contributed by atoms with van der Waals surface area (Å²) >= 11 is 0. The minimum Gasteiger partial charge on any atom is -0.353 e. The Kier molecular flexibility index (Phi) is 5.60. The highest BCUT2D eigenvalue weighted by Gasteiger charge is 2.23. The van der Waals surface area contributed by atoms with Crippen LogP contribution in [-0.4, -0.2) is 18.5 Å². The third kappa shape index (κ3) is 4.34. The predicted molar refractivity (Wildman–Crippen MR) is 82.4 cm³/mol. The molecular formula is C17H26N2O. The van der Waals surface area contributed by atoms with Gasteiger partial charge in [-0.15, -0.1) is 0 Å². The molecule has 1 aromatic carbocycles. The molecule has 0 spiro atoms. The molecule has 0 heterocycles. The van der Waals surface area contributed by atoms with E-state index < -0.39 is 0 Å². The molecule has 2 rings (SSSR count). The van der Waals surface area contributed by atoms with Crippen molar-refractivity contribution < 1.29 is 4.79 Å². The SMILES string of the molecule is CC(CN)CC(=O)NC1CCC(c2ccccc2)CC1. The van der Waals surface area contributed by atoms with Gasteiger partial charge in [0.05, 0.1) is 0 Å². The zero-order valence-corrected chi connectivity index (χ0v) is 12.3. The van der Waals surface area contributed by atoms with E-state index in [-0.39, 0.29) is 11.8 Å². The van der Waals surface area contributed by atoms with Gasteiger partial charge >= 0.3 is 0 Å². The molecule has 3 N–H and O–H groups in total. The molecule has 1 atom stereocenters. The largest absolute Gasteiger partial charge is 0.353 e. The Bertz CT molecular complexity index is 410. The third-order valence-electron chi connectivity index (χ3n) is 4.30. The van der Waals surface area contributed by atoms with Crippen molar-refractivity contribution in [1.29, 1.82) is 0 Å². The third-order valence-corrected chi connectivity index (χ3v) is 4.30. The molecule has 1 unspecified atom stereocenters. The van der Waals surface area contributed by atoms with Crippen molar-refractivity contribution in [1.82, 2.24) is 5.32 Å². The minimum absolute atomic E-state index is 0.158. The number of amides is 1. The number of carbonyl (C=O) groups excluding carboxylic acids is 1. The monoisotopic (exact) mass is 274 g/mol. The van der Waals surface area contributed by atoms with Crippen LogP contribution in [0.4, 0.5) is 0 Å². The van der Waals surface area contributed by atoms with E-state index in [0.717, 1.165) is 12.8 Å². The van der Waals surface area contributed by atoms with E-state index in [1.165, 1.54) is 18.4 Å². The van der Waals surface area contributed by atoms with Crippen LogP contribution in [0.15, 0.2) is 30.3 Å². The molecule has 1 aliphatic rings. The number of nitrogens with one attached hydrogen (secondary N) is 1. The lowest BCUT2D eigenvalue weighted by molar-refractivity contribution is -0.122.